The third-order valence-electron chi connectivity index (χ3n) is 17.1. The Kier molecular flexibility index (Phi) is 10.4. The minimum absolute atomic E-state index is 0.0741. The molecule has 2 aliphatic carbocycles. The molecule has 14 rings (SSSR count). The van der Waals surface area contributed by atoms with Crippen LogP contribution in [0.2, 0.25) is 0 Å². The lowest BCUT2D eigenvalue weighted by molar-refractivity contribution is 0.660. The van der Waals surface area contributed by atoms with Crippen LogP contribution in [-0.4, -0.2) is 4.57 Å². The van der Waals surface area contributed by atoms with E-state index in [1.165, 1.54) is 122 Å². The Morgan fingerprint density at radius 3 is 1.57 bits per heavy atom. The molecule has 0 N–H and O–H groups in total. The van der Waals surface area contributed by atoms with Crippen LogP contribution in [-0.2, 0) is 10.8 Å². The van der Waals surface area contributed by atoms with Crippen LogP contribution in [0.25, 0.3) is 94.3 Å². The lowest BCUT2D eigenvalue weighted by atomic mass is 9.81. The van der Waals surface area contributed by atoms with Crippen LogP contribution >= 0.6 is 0 Å². The summed E-state index contributed by atoms with van der Waals surface area (Å²) in [6.45, 7) is 14.1. The zero-order valence-corrected chi connectivity index (χ0v) is 44.0. The van der Waals surface area contributed by atoms with Crippen LogP contribution in [0.5, 0.6) is 0 Å². The molecule has 0 saturated carbocycles. The number of benzene rings is 11. The molecule has 1 heterocycles. The van der Waals surface area contributed by atoms with Gasteiger partial charge in [0.1, 0.15) is 0 Å². The summed E-state index contributed by atoms with van der Waals surface area (Å²) in [5.41, 5.74) is 29.7. The molecule has 2 heteroatoms. The Balaban J connectivity index is 0.910. The predicted molar refractivity (Wildman–Crippen MR) is 322 cm³/mol. The summed E-state index contributed by atoms with van der Waals surface area (Å²) in [5.74, 6) is 0. The van der Waals surface area contributed by atoms with Gasteiger partial charge in [0.2, 0.25) is 0 Å². The number of anilines is 3. The van der Waals surface area contributed by atoms with Crippen molar-refractivity contribution < 1.29 is 0 Å². The molecule has 0 fully saturated rings. The third-order valence-corrected chi connectivity index (χ3v) is 17.1. The van der Waals surface area contributed by atoms with E-state index in [1.807, 2.05) is 0 Å². The number of nitrogens with zero attached hydrogens (tertiary/aromatic N) is 2. The fourth-order valence-corrected chi connectivity index (χ4v) is 13.1. The largest absolute Gasteiger partial charge is 0.310 e. The summed E-state index contributed by atoms with van der Waals surface area (Å²) in [7, 11) is 0. The molecule has 2 aliphatic rings. The van der Waals surface area contributed by atoms with Crippen LogP contribution in [0.4, 0.5) is 17.1 Å². The Hall–Kier alpha value is -8.98. The summed E-state index contributed by atoms with van der Waals surface area (Å²) >= 11 is 0. The van der Waals surface area contributed by atoms with Gasteiger partial charge in [0.05, 0.1) is 16.7 Å². The summed E-state index contributed by atoms with van der Waals surface area (Å²) in [4.78, 5) is 2.51. The Morgan fingerprint density at radius 2 is 0.829 bits per heavy atom. The lowest BCUT2D eigenvalue weighted by Crippen LogP contribution is -2.17. The zero-order chi connectivity index (χ0) is 51.5. The van der Waals surface area contributed by atoms with Crippen molar-refractivity contribution in [2.45, 2.75) is 52.4 Å². The van der Waals surface area contributed by atoms with E-state index in [9.17, 15) is 0 Å². The Labute approximate surface area is 446 Å². The molecule has 0 amide bonds. The lowest BCUT2D eigenvalue weighted by Gasteiger charge is -2.31. The summed E-state index contributed by atoms with van der Waals surface area (Å²) < 4.78 is 2.39. The monoisotopic (exact) mass is 974 g/mol. The average molecular weight is 975 g/mol. The fraction of sp³-hybridized carbons (Fsp3) is 0.108. The molecule has 364 valence electrons. The molecule has 0 unspecified atom stereocenters. The molecule has 2 nitrogen and oxygen atoms in total. The van der Waals surface area contributed by atoms with Gasteiger partial charge in [0.15, 0.2) is 0 Å². The molecule has 76 heavy (non-hydrogen) atoms. The molecule has 0 aliphatic heterocycles. The summed E-state index contributed by atoms with van der Waals surface area (Å²) in [6, 6.07) is 90.7. The summed E-state index contributed by atoms with van der Waals surface area (Å²) in [5, 5.41) is 2.50. The highest BCUT2D eigenvalue weighted by molar-refractivity contribution is 6.10. The molecule has 0 radical (unpaired) electrons. The van der Waals surface area contributed by atoms with Gasteiger partial charge in [-0.15, -0.1) is 0 Å². The second-order valence-corrected chi connectivity index (χ2v) is 22.2. The predicted octanol–water partition coefficient (Wildman–Crippen LogP) is 20.2. The van der Waals surface area contributed by atoms with E-state index in [0.717, 1.165) is 22.7 Å². The van der Waals surface area contributed by atoms with Crippen molar-refractivity contribution in [1.82, 2.24) is 4.57 Å². The van der Waals surface area contributed by atoms with Gasteiger partial charge < -0.3 is 9.47 Å². The number of fused-ring (bicyclic) bond motifs is 9. The normalized spacial score (nSPS) is 13.6. The van der Waals surface area contributed by atoms with Gasteiger partial charge in [-0.25, -0.2) is 0 Å². The molecule has 11 aromatic carbocycles. The van der Waals surface area contributed by atoms with E-state index in [0.29, 0.717) is 0 Å². The van der Waals surface area contributed by atoms with Gasteiger partial charge in [-0.3, -0.25) is 0 Å². The molecule has 12 aromatic rings. The zero-order valence-electron chi connectivity index (χ0n) is 44.0. The van der Waals surface area contributed by atoms with Crippen molar-refractivity contribution in [2.75, 3.05) is 4.90 Å². The van der Waals surface area contributed by atoms with Crippen molar-refractivity contribution in [3.05, 3.63) is 276 Å². The van der Waals surface area contributed by atoms with E-state index in [-0.39, 0.29) is 10.8 Å². The topological polar surface area (TPSA) is 8.17 Å². The highest BCUT2D eigenvalue weighted by Crippen LogP contribution is 2.54. The first kappa shape index (κ1) is 45.6. The van der Waals surface area contributed by atoms with Crippen molar-refractivity contribution in [3.63, 3.8) is 0 Å². The Morgan fingerprint density at radius 1 is 0.316 bits per heavy atom. The number of hydrogen-bond donors (Lipinski definition) is 0. The first-order valence-corrected chi connectivity index (χ1v) is 26.8. The molecule has 0 bridgehead atoms. The average Bonchev–Trinajstić information content (AvgIpc) is 4.06. The first-order valence-electron chi connectivity index (χ1n) is 26.8. The van der Waals surface area contributed by atoms with E-state index < -0.39 is 0 Å². The number of aromatic nitrogens is 1. The quantitative estimate of drug-likeness (QED) is 0.147. The number of aryl methyl sites for hydroxylation is 2. The second kappa shape index (κ2) is 17.3. The van der Waals surface area contributed by atoms with Gasteiger partial charge in [0.25, 0.3) is 0 Å². The minimum Gasteiger partial charge on any atom is -0.310 e. The maximum atomic E-state index is 2.51. The third kappa shape index (κ3) is 7.08. The van der Waals surface area contributed by atoms with E-state index >= 15 is 0 Å². The maximum absolute atomic E-state index is 2.51. The molecule has 0 atom stereocenters. The smallest absolute Gasteiger partial charge is 0.0542 e. The van der Waals surface area contributed by atoms with Crippen LogP contribution in [0, 0.1) is 13.8 Å². The van der Waals surface area contributed by atoms with Gasteiger partial charge in [-0.05, 0) is 187 Å². The number of hydrogen-bond acceptors (Lipinski definition) is 1. The van der Waals surface area contributed by atoms with Crippen molar-refractivity contribution >= 4 is 38.9 Å². The van der Waals surface area contributed by atoms with Crippen LogP contribution in [0.15, 0.2) is 243 Å². The van der Waals surface area contributed by atoms with Crippen molar-refractivity contribution in [2.24, 2.45) is 0 Å². The second-order valence-electron chi connectivity index (χ2n) is 22.2. The molecular formula is C74H58N2. The van der Waals surface area contributed by atoms with E-state index in [2.05, 4.69) is 294 Å². The number of rotatable bonds is 8. The number of para-hydroxylation sites is 2. The van der Waals surface area contributed by atoms with Crippen molar-refractivity contribution in [3.8, 4) is 72.4 Å². The first-order chi connectivity index (χ1) is 37.0. The fourth-order valence-electron chi connectivity index (χ4n) is 13.1. The van der Waals surface area contributed by atoms with E-state index in [4.69, 9.17) is 0 Å². The molecule has 0 spiro atoms. The van der Waals surface area contributed by atoms with Crippen LogP contribution in [0.1, 0.15) is 61.1 Å². The highest BCUT2D eigenvalue weighted by atomic mass is 15.1. The standard InChI is InChI=1S/C74H58N2/c1-47-28-29-51(52-34-41-70-64(43-52)62-24-14-16-26-69(62)76(70)55-21-11-8-12-22-55)42-63(47)72-48(2)18-17-27-71(72)75(56-35-30-50(31-36-56)54-33-38-59-58-23-13-15-25-65(58)73(3,4)66(59)45-54)57-37-40-61-60-39-32-53(49-19-9-7-10-20-49)44-67(60)74(5,6)68(61)46-57/h7-46H,1-6H3. The van der Waals surface area contributed by atoms with Gasteiger partial charge in [-0.2, -0.15) is 0 Å². The minimum atomic E-state index is -0.225. The van der Waals surface area contributed by atoms with Crippen molar-refractivity contribution in [1.29, 1.82) is 0 Å². The van der Waals surface area contributed by atoms with E-state index in [1.54, 1.807) is 0 Å². The van der Waals surface area contributed by atoms with Gasteiger partial charge in [-0.1, -0.05) is 191 Å². The van der Waals surface area contributed by atoms with Gasteiger partial charge >= 0.3 is 0 Å². The van der Waals surface area contributed by atoms with Crippen LogP contribution < -0.4 is 4.90 Å². The van der Waals surface area contributed by atoms with Gasteiger partial charge in [0, 0.05) is 44.2 Å². The molecular weight excluding hydrogens is 917 g/mol. The van der Waals surface area contributed by atoms with Crippen LogP contribution in [0.3, 0.4) is 0 Å². The SMILES string of the molecule is Cc1ccc(-c2ccc3c(c2)c2ccccc2n3-c2ccccc2)cc1-c1c(C)cccc1N(c1ccc(-c2ccc3c(c2)C(C)(C)c2ccccc2-3)cc1)c1ccc2c(c1)C(C)(C)c1cc(-c3ccccc3)ccc1-2. The molecule has 0 saturated heterocycles. The Bertz CT molecular complexity index is 4280. The maximum Gasteiger partial charge on any atom is 0.0542 e. The molecule has 1 aromatic heterocycles. The summed E-state index contributed by atoms with van der Waals surface area (Å²) in [6.07, 6.45) is 0. The highest BCUT2D eigenvalue weighted by Gasteiger charge is 2.38.